The number of hydrogen-bond donors (Lipinski definition) is 1. The summed E-state index contributed by atoms with van der Waals surface area (Å²) < 4.78 is 11.1. The van der Waals surface area contributed by atoms with Gasteiger partial charge in [-0.1, -0.05) is 20.8 Å². The van der Waals surface area contributed by atoms with Gasteiger partial charge >= 0.3 is 5.97 Å². The number of hydrogen-bond acceptors (Lipinski definition) is 6. The van der Waals surface area contributed by atoms with Crippen LogP contribution in [0.25, 0.3) is 0 Å². The molecule has 8 nitrogen and oxygen atoms in total. The van der Waals surface area contributed by atoms with Gasteiger partial charge in [-0.05, 0) is 50.2 Å². The predicted molar refractivity (Wildman–Crippen MR) is 117 cm³/mol. The molecule has 2 amide bonds. The van der Waals surface area contributed by atoms with Gasteiger partial charge in [-0.2, -0.15) is 0 Å². The third-order valence-electron chi connectivity index (χ3n) is 6.38. The van der Waals surface area contributed by atoms with E-state index in [0.717, 1.165) is 12.8 Å². The maximum atomic E-state index is 13.9. The Kier molecular flexibility index (Phi) is 7.32. The van der Waals surface area contributed by atoms with Gasteiger partial charge in [0.15, 0.2) is 0 Å². The van der Waals surface area contributed by atoms with E-state index >= 15 is 0 Å². The number of aliphatic hydroxyl groups is 1. The van der Waals surface area contributed by atoms with Crippen LogP contribution in [0.4, 0.5) is 0 Å². The van der Waals surface area contributed by atoms with E-state index in [0.29, 0.717) is 18.7 Å². The van der Waals surface area contributed by atoms with Crippen molar-refractivity contribution in [2.45, 2.75) is 71.4 Å². The van der Waals surface area contributed by atoms with Gasteiger partial charge in [-0.25, -0.2) is 0 Å². The van der Waals surface area contributed by atoms with Gasteiger partial charge in [-0.3, -0.25) is 14.4 Å². The summed E-state index contributed by atoms with van der Waals surface area (Å²) >= 11 is 0. The van der Waals surface area contributed by atoms with E-state index in [-0.39, 0.29) is 49.8 Å². The van der Waals surface area contributed by atoms with Crippen LogP contribution in [0.5, 0.6) is 0 Å². The monoisotopic (exact) mass is 448 g/mol. The quantitative estimate of drug-likeness (QED) is 0.672. The summed E-state index contributed by atoms with van der Waals surface area (Å²) in [5.41, 5.74) is -1.46. The SMILES string of the molecule is CCOC(=O)[C@H]1C[C@]2(CCCCN(CCO)C2=O)N(C(=O)CC(C)(C)C)[C@H]1c1ccco1. The zero-order chi connectivity index (χ0) is 23.5. The van der Waals surface area contributed by atoms with Crippen molar-refractivity contribution in [2.75, 3.05) is 26.3 Å². The Bertz CT molecular complexity index is 815. The summed E-state index contributed by atoms with van der Waals surface area (Å²) in [5, 5.41) is 9.54. The topological polar surface area (TPSA) is 100 Å². The second-order valence-corrected chi connectivity index (χ2v) is 10.0. The molecule has 2 fully saturated rings. The third-order valence-corrected chi connectivity index (χ3v) is 6.38. The summed E-state index contributed by atoms with van der Waals surface area (Å²) in [7, 11) is 0. The second kappa shape index (κ2) is 9.65. The number of rotatable bonds is 6. The lowest BCUT2D eigenvalue weighted by atomic mass is 9.85. The fourth-order valence-corrected chi connectivity index (χ4v) is 5.17. The lowest BCUT2D eigenvalue weighted by molar-refractivity contribution is -0.155. The van der Waals surface area contributed by atoms with E-state index in [1.54, 1.807) is 28.9 Å². The van der Waals surface area contributed by atoms with Gasteiger partial charge in [0.2, 0.25) is 11.8 Å². The van der Waals surface area contributed by atoms with Gasteiger partial charge in [0.25, 0.3) is 0 Å². The molecule has 3 rings (SSSR count). The molecule has 1 N–H and O–H groups in total. The maximum absolute atomic E-state index is 13.9. The van der Waals surface area contributed by atoms with Crippen LogP contribution >= 0.6 is 0 Å². The van der Waals surface area contributed by atoms with Crippen molar-refractivity contribution in [1.29, 1.82) is 0 Å². The Hall–Kier alpha value is -2.35. The Morgan fingerprint density at radius 3 is 2.66 bits per heavy atom. The van der Waals surface area contributed by atoms with Crippen molar-refractivity contribution < 1.29 is 28.6 Å². The van der Waals surface area contributed by atoms with Gasteiger partial charge in [0.05, 0.1) is 25.4 Å². The molecule has 1 aromatic rings. The molecule has 1 spiro atoms. The third kappa shape index (κ3) is 4.70. The van der Waals surface area contributed by atoms with E-state index in [4.69, 9.17) is 9.15 Å². The highest BCUT2D eigenvalue weighted by molar-refractivity contribution is 5.94. The number of ether oxygens (including phenoxy) is 1. The molecular formula is C24H36N2O6. The second-order valence-electron chi connectivity index (χ2n) is 10.0. The summed E-state index contributed by atoms with van der Waals surface area (Å²) in [4.78, 5) is 44.1. The first-order valence-corrected chi connectivity index (χ1v) is 11.6. The molecule has 0 saturated carbocycles. The number of aliphatic hydroxyl groups excluding tert-OH is 1. The summed E-state index contributed by atoms with van der Waals surface area (Å²) in [6.45, 7) is 8.47. The zero-order valence-electron chi connectivity index (χ0n) is 19.6. The summed E-state index contributed by atoms with van der Waals surface area (Å²) in [5.74, 6) is -1.03. The molecule has 3 atom stereocenters. The van der Waals surface area contributed by atoms with Gasteiger partial charge in [-0.15, -0.1) is 0 Å². The molecule has 32 heavy (non-hydrogen) atoms. The first-order valence-electron chi connectivity index (χ1n) is 11.6. The van der Waals surface area contributed by atoms with E-state index in [1.807, 2.05) is 20.8 Å². The molecule has 0 unspecified atom stereocenters. The lowest BCUT2D eigenvalue weighted by Gasteiger charge is -2.42. The van der Waals surface area contributed by atoms with Gasteiger partial charge in [0.1, 0.15) is 17.3 Å². The van der Waals surface area contributed by atoms with E-state index in [9.17, 15) is 19.5 Å². The molecule has 178 valence electrons. The molecule has 0 aliphatic carbocycles. The van der Waals surface area contributed by atoms with Crippen molar-refractivity contribution in [1.82, 2.24) is 9.80 Å². The molecule has 2 aliphatic heterocycles. The fraction of sp³-hybridized carbons (Fsp3) is 0.708. The van der Waals surface area contributed by atoms with Crippen LogP contribution in [0.1, 0.15) is 71.6 Å². The number of carbonyl (C=O) groups excluding carboxylic acids is 3. The van der Waals surface area contributed by atoms with Crippen molar-refractivity contribution in [2.24, 2.45) is 11.3 Å². The Morgan fingerprint density at radius 2 is 2.06 bits per heavy atom. The summed E-state index contributed by atoms with van der Waals surface area (Å²) in [6, 6.07) is 2.76. The van der Waals surface area contributed by atoms with Crippen LogP contribution in [0.2, 0.25) is 0 Å². The van der Waals surface area contributed by atoms with Crippen LogP contribution in [-0.4, -0.2) is 64.5 Å². The largest absolute Gasteiger partial charge is 0.467 e. The first kappa shape index (κ1) is 24.3. The molecular weight excluding hydrogens is 412 g/mol. The average Bonchev–Trinajstić information content (AvgIpc) is 3.31. The Labute approximate surface area is 189 Å². The van der Waals surface area contributed by atoms with Crippen molar-refractivity contribution in [3.63, 3.8) is 0 Å². The molecule has 0 radical (unpaired) electrons. The van der Waals surface area contributed by atoms with Crippen molar-refractivity contribution in [3.05, 3.63) is 24.2 Å². The van der Waals surface area contributed by atoms with E-state index in [2.05, 4.69) is 0 Å². The summed E-state index contributed by atoms with van der Waals surface area (Å²) in [6.07, 6.45) is 3.93. The number of likely N-dealkylation sites (tertiary alicyclic amines) is 2. The van der Waals surface area contributed by atoms with Crippen molar-refractivity contribution >= 4 is 17.8 Å². The molecule has 1 aromatic heterocycles. The maximum Gasteiger partial charge on any atom is 0.311 e. The highest BCUT2D eigenvalue weighted by Crippen LogP contribution is 2.52. The zero-order valence-corrected chi connectivity index (χ0v) is 19.6. The molecule has 0 aromatic carbocycles. The number of esters is 1. The van der Waals surface area contributed by atoms with Crippen LogP contribution in [0.3, 0.4) is 0 Å². The minimum atomic E-state index is -1.16. The molecule has 2 aliphatic rings. The molecule has 0 bridgehead atoms. The van der Waals surface area contributed by atoms with Crippen molar-refractivity contribution in [3.8, 4) is 0 Å². The minimum Gasteiger partial charge on any atom is -0.467 e. The van der Waals surface area contributed by atoms with E-state index < -0.39 is 23.5 Å². The molecule has 3 heterocycles. The normalized spacial score (nSPS) is 26.5. The first-order chi connectivity index (χ1) is 15.1. The smallest absolute Gasteiger partial charge is 0.311 e. The van der Waals surface area contributed by atoms with Crippen LogP contribution in [0.15, 0.2) is 22.8 Å². The van der Waals surface area contributed by atoms with Crippen LogP contribution < -0.4 is 0 Å². The molecule has 8 heteroatoms. The highest BCUT2D eigenvalue weighted by atomic mass is 16.5. The average molecular weight is 449 g/mol. The number of furan rings is 1. The van der Waals surface area contributed by atoms with E-state index in [1.165, 1.54) is 6.26 Å². The highest BCUT2D eigenvalue weighted by Gasteiger charge is 2.62. The number of nitrogens with zero attached hydrogens (tertiary/aromatic N) is 2. The Morgan fingerprint density at radius 1 is 1.31 bits per heavy atom. The lowest BCUT2D eigenvalue weighted by Crippen LogP contribution is -2.58. The fourth-order valence-electron chi connectivity index (χ4n) is 5.17. The number of β-amino-alcohol motifs (C(OH)–C–C–N with tert-alkyl or cyclic N) is 1. The minimum absolute atomic E-state index is 0.152. The van der Waals surface area contributed by atoms with Crippen LogP contribution in [-0.2, 0) is 19.1 Å². The predicted octanol–water partition coefficient (Wildman–Crippen LogP) is 2.91. The van der Waals surface area contributed by atoms with Crippen LogP contribution in [0, 0.1) is 11.3 Å². The standard InChI is InChI=1S/C24H36N2O6/c1-5-31-21(29)17-15-24(10-6-7-11-25(12-13-27)22(24)30)26(19(28)16-23(2,3)4)20(17)18-9-8-14-32-18/h8-9,14,17,20,27H,5-7,10-13,15-16H2,1-4H3/t17-,20+,24-/m0/s1. The van der Waals surface area contributed by atoms with Gasteiger partial charge < -0.3 is 24.1 Å². The number of carbonyl (C=O) groups is 3. The molecule has 2 saturated heterocycles. The Balaban J connectivity index is 2.15. The number of amides is 2. The van der Waals surface area contributed by atoms with Gasteiger partial charge in [0, 0.05) is 19.5 Å².